The van der Waals surface area contributed by atoms with Crippen LogP contribution in [-0.4, -0.2) is 24.1 Å². The first-order chi connectivity index (χ1) is 12.3. The first kappa shape index (κ1) is 18.0. The molecule has 1 aliphatic heterocycles. The summed E-state index contributed by atoms with van der Waals surface area (Å²) >= 11 is 0. The number of cyclic esters (lactones) is 1. The average molecular weight is 364 g/mol. The minimum atomic E-state index is -4.43. The Morgan fingerprint density at radius 2 is 1.77 bits per heavy atom. The third kappa shape index (κ3) is 3.71. The van der Waals surface area contributed by atoms with Crippen molar-refractivity contribution in [3.8, 4) is 11.1 Å². The number of ether oxygens (including phenoxy) is 2. The van der Waals surface area contributed by atoms with E-state index < -0.39 is 29.8 Å². The zero-order valence-electron chi connectivity index (χ0n) is 13.7. The van der Waals surface area contributed by atoms with Crippen molar-refractivity contribution in [1.82, 2.24) is 0 Å². The Hall–Kier alpha value is -2.83. The Kier molecular flexibility index (Phi) is 4.71. The minimum Gasteiger partial charge on any atom is -0.460 e. The highest BCUT2D eigenvalue weighted by Crippen LogP contribution is 2.32. The van der Waals surface area contributed by atoms with Crippen molar-refractivity contribution >= 4 is 11.9 Å². The van der Waals surface area contributed by atoms with Gasteiger partial charge in [0.2, 0.25) is 6.10 Å². The summed E-state index contributed by atoms with van der Waals surface area (Å²) in [5.41, 5.74) is 0.252. The van der Waals surface area contributed by atoms with E-state index >= 15 is 0 Å². The summed E-state index contributed by atoms with van der Waals surface area (Å²) < 4.78 is 48.3. The Morgan fingerprint density at radius 1 is 1.12 bits per heavy atom. The standard InChI is InChI=1S/C19H15F3O4/c1-11-10-16(18(24)25-11)26-17(23)15-5-3-2-4-14(15)12-6-8-13(9-7-12)19(20,21)22/h2-9,11,16H,10H2,1H3. The van der Waals surface area contributed by atoms with Crippen molar-refractivity contribution in [3.05, 3.63) is 59.7 Å². The van der Waals surface area contributed by atoms with Crippen LogP contribution >= 0.6 is 0 Å². The summed E-state index contributed by atoms with van der Waals surface area (Å²) in [5, 5.41) is 0. The van der Waals surface area contributed by atoms with Crippen LogP contribution in [0.1, 0.15) is 29.3 Å². The van der Waals surface area contributed by atoms with Crippen LogP contribution in [0.25, 0.3) is 11.1 Å². The van der Waals surface area contributed by atoms with Crippen molar-refractivity contribution in [2.75, 3.05) is 0 Å². The normalized spacial score (nSPS) is 19.9. The lowest BCUT2D eigenvalue weighted by Crippen LogP contribution is -2.23. The van der Waals surface area contributed by atoms with E-state index in [0.29, 0.717) is 11.1 Å². The molecule has 0 aliphatic carbocycles. The predicted octanol–water partition coefficient (Wildman–Crippen LogP) is 4.23. The van der Waals surface area contributed by atoms with Crippen LogP contribution in [0.15, 0.2) is 48.5 Å². The second-order valence-electron chi connectivity index (χ2n) is 6.00. The SMILES string of the molecule is CC1CC(OC(=O)c2ccccc2-c2ccc(C(F)(F)F)cc2)C(=O)O1. The van der Waals surface area contributed by atoms with Gasteiger partial charge in [0.15, 0.2) is 0 Å². The van der Waals surface area contributed by atoms with Crippen molar-refractivity contribution in [3.63, 3.8) is 0 Å². The fourth-order valence-electron chi connectivity index (χ4n) is 2.76. The lowest BCUT2D eigenvalue weighted by molar-refractivity contribution is -0.147. The molecule has 0 N–H and O–H groups in total. The highest BCUT2D eigenvalue weighted by Gasteiger charge is 2.35. The number of hydrogen-bond acceptors (Lipinski definition) is 4. The van der Waals surface area contributed by atoms with Gasteiger partial charge in [0.1, 0.15) is 6.10 Å². The zero-order valence-corrected chi connectivity index (χ0v) is 13.7. The first-order valence-corrected chi connectivity index (χ1v) is 7.94. The highest BCUT2D eigenvalue weighted by atomic mass is 19.4. The van der Waals surface area contributed by atoms with E-state index in [1.807, 2.05) is 0 Å². The van der Waals surface area contributed by atoms with Crippen molar-refractivity contribution in [1.29, 1.82) is 0 Å². The van der Waals surface area contributed by atoms with Gasteiger partial charge in [-0.15, -0.1) is 0 Å². The van der Waals surface area contributed by atoms with Gasteiger partial charge in [0.25, 0.3) is 0 Å². The summed E-state index contributed by atoms with van der Waals surface area (Å²) in [4.78, 5) is 24.1. The van der Waals surface area contributed by atoms with Gasteiger partial charge in [-0.25, -0.2) is 9.59 Å². The molecule has 26 heavy (non-hydrogen) atoms. The largest absolute Gasteiger partial charge is 0.460 e. The van der Waals surface area contributed by atoms with Crippen molar-refractivity contribution in [2.45, 2.75) is 31.7 Å². The summed E-state index contributed by atoms with van der Waals surface area (Å²) in [6.07, 6.45) is -5.47. The van der Waals surface area contributed by atoms with Gasteiger partial charge in [-0.05, 0) is 36.2 Å². The molecular weight excluding hydrogens is 349 g/mol. The summed E-state index contributed by atoms with van der Waals surface area (Å²) in [6.45, 7) is 1.70. The molecule has 0 aromatic heterocycles. The van der Waals surface area contributed by atoms with Gasteiger partial charge in [-0.2, -0.15) is 13.2 Å². The Bertz CT molecular complexity index is 827. The van der Waals surface area contributed by atoms with E-state index in [9.17, 15) is 22.8 Å². The Morgan fingerprint density at radius 3 is 2.35 bits per heavy atom. The molecule has 2 aromatic carbocycles. The lowest BCUT2D eigenvalue weighted by Gasteiger charge is -2.13. The molecule has 1 fully saturated rings. The maximum Gasteiger partial charge on any atom is 0.416 e. The number of hydrogen-bond donors (Lipinski definition) is 0. The molecule has 4 nitrogen and oxygen atoms in total. The number of carbonyl (C=O) groups excluding carboxylic acids is 2. The van der Waals surface area contributed by atoms with Gasteiger partial charge >= 0.3 is 18.1 Å². The van der Waals surface area contributed by atoms with Gasteiger partial charge in [0.05, 0.1) is 11.1 Å². The number of alkyl halides is 3. The molecule has 2 atom stereocenters. The van der Waals surface area contributed by atoms with Crippen LogP contribution in [0.3, 0.4) is 0 Å². The second kappa shape index (κ2) is 6.82. The van der Waals surface area contributed by atoms with Crippen molar-refractivity contribution in [2.24, 2.45) is 0 Å². The molecule has 0 bridgehead atoms. The summed E-state index contributed by atoms with van der Waals surface area (Å²) in [7, 11) is 0. The van der Waals surface area contributed by atoms with E-state index in [0.717, 1.165) is 12.1 Å². The van der Waals surface area contributed by atoms with Gasteiger partial charge in [-0.3, -0.25) is 0 Å². The van der Waals surface area contributed by atoms with E-state index in [1.54, 1.807) is 25.1 Å². The molecule has 0 radical (unpaired) electrons. The smallest absolute Gasteiger partial charge is 0.416 e. The molecule has 1 aliphatic rings. The van der Waals surface area contributed by atoms with E-state index in [1.165, 1.54) is 18.2 Å². The van der Waals surface area contributed by atoms with Crippen LogP contribution in [0.4, 0.5) is 13.2 Å². The number of carbonyl (C=O) groups is 2. The highest BCUT2D eigenvalue weighted by molar-refractivity contribution is 5.98. The molecule has 7 heteroatoms. The maximum atomic E-state index is 12.7. The molecule has 2 aromatic rings. The summed E-state index contributed by atoms with van der Waals surface area (Å²) in [5.74, 6) is -1.32. The van der Waals surface area contributed by atoms with E-state index in [-0.39, 0.29) is 18.1 Å². The molecule has 0 saturated carbocycles. The van der Waals surface area contributed by atoms with E-state index in [4.69, 9.17) is 9.47 Å². The lowest BCUT2D eigenvalue weighted by atomic mass is 9.98. The fourth-order valence-corrected chi connectivity index (χ4v) is 2.76. The number of halogens is 3. The summed E-state index contributed by atoms with van der Waals surface area (Å²) in [6, 6.07) is 10.9. The zero-order chi connectivity index (χ0) is 18.9. The van der Waals surface area contributed by atoms with Gasteiger partial charge in [-0.1, -0.05) is 30.3 Å². The number of benzene rings is 2. The quantitative estimate of drug-likeness (QED) is 0.765. The minimum absolute atomic E-state index is 0.166. The van der Waals surface area contributed by atoms with Crippen LogP contribution in [-0.2, 0) is 20.4 Å². The topological polar surface area (TPSA) is 52.6 Å². The fraction of sp³-hybridized carbons (Fsp3) is 0.263. The van der Waals surface area contributed by atoms with Crippen molar-refractivity contribution < 1.29 is 32.2 Å². The third-order valence-electron chi connectivity index (χ3n) is 4.05. The van der Waals surface area contributed by atoms with Crippen LogP contribution in [0, 0.1) is 0 Å². The first-order valence-electron chi connectivity index (χ1n) is 7.94. The number of esters is 2. The maximum absolute atomic E-state index is 12.7. The van der Waals surface area contributed by atoms with Gasteiger partial charge < -0.3 is 9.47 Å². The Labute approximate surface area is 147 Å². The third-order valence-corrected chi connectivity index (χ3v) is 4.05. The predicted molar refractivity (Wildman–Crippen MR) is 86.3 cm³/mol. The molecule has 0 amide bonds. The number of rotatable bonds is 3. The second-order valence-corrected chi connectivity index (χ2v) is 6.00. The van der Waals surface area contributed by atoms with Crippen LogP contribution in [0.5, 0.6) is 0 Å². The van der Waals surface area contributed by atoms with Gasteiger partial charge in [0, 0.05) is 6.42 Å². The molecule has 2 unspecified atom stereocenters. The molecule has 1 heterocycles. The Balaban J connectivity index is 1.86. The molecule has 0 spiro atoms. The monoisotopic (exact) mass is 364 g/mol. The molecular formula is C19H15F3O4. The molecule has 1 saturated heterocycles. The molecule has 136 valence electrons. The molecule has 3 rings (SSSR count). The van der Waals surface area contributed by atoms with Crippen LogP contribution in [0.2, 0.25) is 0 Å². The van der Waals surface area contributed by atoms with E-state index in [2.05, 4.69) is 0 Å². The average Bonchev–Trinajstić information content (AvgIpc) is 2.91. The van der Waals surface area contributed by atoms with Crippen LogP contribution < -0.4 is 0 Å².